The van der Waals surface area contributed by atoms with Crippen molar-refractivity contribution in [2.24, 2.45) is 5.92 Å². The van der Waals surface area contributed by atoms with Gasteiger partial charge in [-0.15, -0.1) is 0 Å². The molecule has 0 aromatic heterocycles. The Kier molecular flexibility index (Phi) is 13.9. The van der Waals surface area contributed by atoms with E-state index < -0.39 is 19.7 Å². The highest BCUT2D eigenvalue weighted by molar-refractivity contribution is 7.91. The van der Waals surface area contributed by atoms with Crippen molar-refractivity contribution in [2.45, 2.75) is 39.0 Å². The maximum Gasteiger partial charge on any atom is 0.305 e. The Bertz CT molecular complexity index is 574. The van der Waals surface area contributed by atoms with Crippen molar-refractivity contribution in [1.29, 1.82) is 0 Å². The van der Waals surface area contributed by atoms with Crippen molar-refractivity contribution in [2.75, 3.05) is 57.1 Å². The fourth-order valence-corrected chi connectivity index (χ4v) is 5.82. The molecule has 162 valence electrons. The topological polar surface area (TPSA) is 113 Å². The summed E-state index contributed by atoms with van der Waals surface area (Å²) in [6, 6.07) is 0. The monoisotopic (exact) mass is 430 g/mol. The van der Waals surface area contributed by atoms with Crippen molar-refractivity contribution in [3.05, 3.63) is 0 Å². The molecule has 0 bridgehead atoms. The van der Waals surface area contributed by atoms with Crippen LogP contribution in [0.4, 0.5) is 0 Å². The molecule has 3 aliphatic rings. The molecule has 27 heavy (non-hydrogen) atoms. The lowest BCUT2D eigenvalue weighted by atomic mass is 10.2. The van der Waals surface area contributed by atoms with Crippen LogP contribution in [0.5, 0.6) is 0 Å². The number of carbonyl (C=O) groups is 1. The van der Waals surface area contributed by atoms with E-state index in [1.54, 1.807) is 14.2 Å². The van der Waals surface area contributed by atoms with E-state index in [4.69, 9.17) is 0 Å². The van der Waals surface area contributed by atoms with Gasteiger partial charge >= 0.3 is 5.97 Å². The zero-order valence-corrected chi connectivity index (χ0v) is 18.3. The van der Waals surface area contributed by atoms with E-state index in [0.29, 0.717) is 55.2 Å². The number of ether oxygens (including phenoxy) is 3. The summed E-state index contributed by atoms with van der Waals surface area (Å²) in [6.07, 6.45) is 4.16. The number of hydrogen-bond acceptors (Lipinski definition) is 8. The first-order chi connectivity index (χ1) is 12.6. The summed E-state index contributed by atoms with van der Waals surface area (Å²) < 4.78 is 56.0. The Balaban J connectivity index is 0.000000337. The number of hydrogen-bond donors (Lipinski definition) is 0. The van der Waals surface area contributed by atoms with Gasteiger partial charge in [0.25, 0.3) is 0 Å². The summed E-state index contributed by atoms with van der Waals surface area (Å²) in [7, 11) is -1.84. The van der Waals surface area contributed by atoms with Crippen molar-refractivity contribution in [1.82, 2.24) is 0 Å². The molecule has 3 heterocycles. The highest BCUT2D eigenvalue weighted by Crippen LogP contribution is 2.16. The van der Waals surface area contributed by atoms with Crippen LogP contribution in [0.1, 0.15) is 39.0 Å². The number of cyclic esters (lactones) is 1. The van der Waals surface area contributed by atoms with Gasteiger partial charge in [0.2, 0.25) is 0 Å². The third-order valence-corrected chi connectivity index (χ3v) is 7.66. The Morgan fingerprint density at radius 3 is 1.63 bits per heavy atom. The minimum Gasteiger partial charge on any atom is -0.466 e. The van der Waals surface area contributed by atoms with Gasteiger partial charge in [0, 0.05) is 20.6 Å². The van der Waals surface area contributed by atoms with Gasteiger partial charge in [0.1, 0.15) is 9.84 Å². The second-order valence-corrected chi connectivity index (χ2v) is 11.2. The molecular weight excluding hydrogens is 396 g/mol. The second-order valence-electron chi connectivity index (χ2n) is 6.68. The van der Waals surface area contributed by atoms with Crippen LogP contribution >= 0.6 is 0 Å². The summed E-state index contributed by atoms with van der Waals surface area (Å²) in [4.78, 5) is 10.0. The van der Waals surface area contributed by atoms with Gasteiger partial charge in [-0.25, -0.2) is 16.8 Å². The lowest BCUT2D eigenvalue weighted by Gasteiger charge is -1.91. The predicted molar refractivity (Wildman–Crippen MR) is 104 cm³/mol. The fraction of sp³-hybridized carbons (Fsp3) is 0.941. The van der Waals surface area contributed by atoms with Gasteiger partial charge in [-0.1, -0.05) is 6.92 Å². The minimum atomic E-state index is -2.60. The van der Waals surface area contributed by atoms with E-state index in [-0.39, 0.29) is 5.97 Å². The number of sulfone groups is 2. The molecule has 8 nitrogen and oxygen atoms in total. The number of rotatable bonds is 3. The summed E-state index contributed by atoms with van der Waals surface area (Å²) in [5, 5.41) is 0. The summed E-state index contributed by atoms with van der Waals surface area (Å²) in [5.74, 6) is 2.02. The van der Waals surface area contributed by atoms with Crippen LogP contribution in [0.2, 0.25) is 0 Å². The third-order valence-electron chi connectivity index (χ3n) is 3.90. The smallest absolute Gasteiger partial charge is 0.305 e. The molecule has 1 unspecified atom stereocenters. The van der Waals surface area contributed by atoms with Gasteiger partial charge in [0.15, 0.2) is 9.84 Å². The lowest BCUT2D eigenvalue weighted by Crippen LogP contribution is -2.01. The molecule has 0 saturated carbocycles. The largest absolute Gasteiger partial charge is 0.466 e. The summed E-state index contributed by atoms with van der Waals surface area (Å²) in [6.45, 7) is 4.00. The molecule has 3 saturated heterocycles. The van der Waals surface area contributed by atoms with Crippen LogP contribution in [0.25, 0.3) is 0 Å². The third kappa shape index (κ3) is 16.0. The second kappa shape index (κ2) is 14.3. The zero-order chi connectivity index (χ0) is 20.8. The van der Waals surface area contributed by atoms with Crippen molar-refractivity contribution < 1.29 is 35.8 Å². The van der Waals surface area contributed by atoms with E-state index in [9.17, 15) is 21.6 Å². The molecule has 0 aliphatic carbocycles. The van der Waals surface area contributed by atoms with Gasteiger partial charge in [-0.2, -0.15) is 0 Å². The standard InChI is InChI=1S/C5H10O2S.C4H8O2S.C4H6O2.C4H10O2/c1-5-2-3-8(6,7)4-5;5-7(6)3-1-2-4-7;5-4-2-1-3-6-4;1-5-3-4-6-2/h5H,2-4H2,1H3;1-4H2;1-3H2;3-4H2,1-2H3. The normalized spacial score (nSPS) is 24.4. The number of esters is 1. The van der Waals surface area contributed by atoms with Crippen LogP contribution in [0, 0.1) is 5.92 Å². The fourth-order valence-electron chi connectivity index (χ4n) is 2.37. The van der Waals surface area contributed by atoms with Crippen LogP contribution < -0.4 is 0 Å². The van der Waals surface area contributed by atoms with Crippen molar-refractivity contribution >= 4 is 25.6 Å². The summed E-state index contributed by atoms with van der Waals surface area (Å²) in [5.41, 5.74) is 0. The molecule has 0 amide bonds. The molecule has 3 rings (SSSR count). The molecule has 0 aromatic carbocycles. The van der Waals surface area contributed by atoms with E-state index >= 15 is 0 Å². The van der Waals surface area contributed by atoms with E-state index in [1.165, 1.54) is 0 Å². The Morgan fingerprint density at radius 2 is 1.48 bits per heavy atom. The van der Waals surface area contributed by atoms with Gasteiger partial charge in [-0.3, -0.25) is 4.79 Å². The van der Waals surface area contributed by atoms with E-state index in [1.807, 2.05) is 6.92 Å². The van der Waals surface area contributed by atoms with Crippen LogP contribution in [0.3, 0.4) is 0 Å². The highest BCUT2D eigenvalue weighted by atomic mass is 32.2. The predicted octanol–water partition coefficient (Wildman–Crippen LogP) is 1.24. The maximum atomic E-state index is 10.6. The maximum absolute atomic E-state index is 10.6. The number of methoxy groups -OCH3 is 2. The average Bonchev–Trinajstić information content (AvgIpc) is 3.30. The quantitative estimate of drug-likeness (QED) is 0.485. The SMILES string of the molecule is CC1CCS(=O)(=O)C1.COCCOC.O=C1CCCO1.O=S1(=O)CCCC1. The first kappa shape index (κ1) is 26.3. The van der Waals surface area contributed by atoms with Crippen molar-refractivity contribution in [3.63, 3.8) is 0 Å². The van der Waals surface area contributed by atoms with Crippen LogP contribution in [-0.2, 0) is 38.7 Å². The van der Waals surface area contributed by atoms with E-state index in [0.717, 1.165) is 25.7 Å². The number of carbonyl (C=O) groups excluding carboxylic acids is 1. The lowest BCUT2D eigenvalue weighted by molar-refractivity contribution is -0.137. The molecule has 0 radical (unpaired) electrons. The molecule has 10 heteroatoms. The first-order valence-corrected chi connectivity index (χ1v) is 12.8. The Labute approximate surface area is 163 Å². The Hall–Kier alpha value is -0.710. The molecule has 0 aromatic rings. The van der Waals surface area contributed by atoms with Crippen LogP contribution in [0.15, 0.2) is 0 Å². The zero-order valence-electron chi connectivity index (χ0n) is 16.6. The molecule has 3 fully saturated rings. The molecule has 1 atom stereocenters. The van der Waals surface area contributed by atoms with Crippen LogP contribution in [-0.4, -0.2) is 79.9 Å². The van der Waals surface area contributed by atoms with Gasteiger partial charge in [0.05, 0.1) is 42.8 Å². The first-order valence-electron chi connectivity index (χ1n) is 9.16. The van der Waals surface area contributed by atoms with Gasteiger partial charge < -0.3 is 14.2 Å². The van der Waals surface area contributed by atoms with E-state index in [2.05, 4.69) is 14.2 Å². The minimum absolute atomic E-state index is 0.0463. The average molecular weight is 431 g/mol. The highest BCUT2D eigenvalue weighted by Gasteiger charge is 2.23. The summed E-state index contributed by atoms with van der Waals surface area (Å²) >= 11 is 0. The molecule has 0 spiro atoms. The molecule has 0 N–H and O–H groups in total. The molecular formula is C17H34O8S2. The Morgan fingerprint density at radius 1 is 0.926 bits per heavy atom. The molecule has 3 aliphatic heterocycles. The van der Waals surface area contributed by atoms with Gasteiger partial charge in [-0.05, 0) is 31.6 Å². The van der Waals surface area contributed by atoms with Crippen molar-refractivity contribution in [3.8, 4) is 0 Å².